The molecule has 0 heterocycles. The van der Waals surface area contributed by atoms with Gasteiger partial charge in [-0.05, 0) is 19.3 Å². The Morgan fingerprint density at radius 2 is 1.86 bits per heavy atom. The molecule has 0 fully saturated rings. The molecule has 1 N–H and O–H groups in total. The summed E-state index contributed by atoms with van der Waals surface area (Å²) in [6.45, 7) is 6.50. The first-order chi connectivity index (χ1) is 6.52. The third-order valence-electron chi connectivity index (χ3n) is 1.94. The number of nitrogens with one attached hydrogen (secondary N) is 1. The summed E-state index contributed by atoms with van der Waals surface area (Å²) in [5, 5.41) is 2.73. The maximum absolute atomic E-state index is 11.0. The van der Waals surface area contributed by atoms with Crippen molar-refractivity contribution < 1.29 is 9.59 Å². The normalized spacial score (nSPS) is 10.3. The molecule has 0 saturated heterocycles. The van der Waals surface area contributed by atoms with Gasteiger partial charge in [0.1, 0.15) is 5.78 Å². The Morgan fingerprint density at radius 3 is 2.36 bits per heavy atom. The summed E-state index contributed by atoms with van der Waals surface area (Å²) in [5.74, 6) is 0.495. The topological polar surface area (TPSA) is 46.2 Å². The Morgan fingerprint density at radius 1 is 1.21 bits per heavy atom. The fourth-order valence-electron chi connectivity index (χ4n) is 1.19. The third-order valence-corrected chi connectivity index (χ3v) is 1.94. The number of carbonyl (C=O) groups is 2. The molecular weight excluding hydrogens is 178 g/mol. The molecule has 0 aromatic heterocycles. The SMILES string of the molecule is CC(=O)CC(=O)NCCCCC(C)C. The second-order valence-electron chi connectivity index (χ2n) is 4.12. The lowest BCUT2D eigenvalue weighted by Gasteiger charge is -2.05. The van der Waals surface area contributed by atoms with Crippen LogP contribution in [0.3, 0.4) is 0 Å². The molecule has 0 rings (SSSR count). The number of amides is 1. The Balaban J connectivity index is 3.27. The average molecular weight is 199 g/mol. The minimum Gasteiger partial charge on any atom is -0.356 e. The van der Waals surface area contributed by atoms with Crippen LogP contribution in [0.15, 0.2) is 0 Å². The van der Waals surface area contributed by atoms with Gasteiger partial charge in [-0.25, -0.2) is 0 Å². The van der Waals surface area contributed by atoms with Crippen LogP contribution in [-0.4, -0.2) is 18.2 Å². The number of Topliss-reactive ketones (excluding diaryl/α,β-unsaturated/α-hetero) is 1. The molecular formula is C11H21NO2. The van der Waals surface area contributed by atoms with Crippen molar-refractivity contribution in [3.63, 3.8) is 0 Å². The fourth-order valence-corrected chi connectivity index (χ4v) is 1.19. The van der Waals surface area contributed by atoms with E-state index in [0.29, 0.717) is 6.54 Å². The average Bonchev–Trinajstić information content (AvgIpc) is 2.01. The van der Waals surface area contributed by atoms with Crippen LogP contribution in [0.4, 0.5) is 0 Å². The zero-order chi connectivity index (χ0) is 11.0. The fraction of sp³-hybridized carbons (Fsp3) is 0.818. The van der Waals surface area contributed by atoms with Crippen molar-refractivity contribution in [2.45, 2.75) is 46.5 Å². The van der Waals surface area contributed by atoms with E-state index in [-0.39, 0.29) is 18.1 Å². The van der Waals surface area contributed by atoms with E-state index >= 15 is 0 Å². The molecule has 0 bridgehead atoms. The molecule has 3 nitrogen and oxygen atoms in total. The minimum atomic E-state index is -0.151. The van der Waals surface area contributed by atoms with Gasteiger partial charge in [0, 0.05) is 6.54 Å². The molecule has 0 aromatic rings. The predicted molar refractivity (Wildman–Crippen MR) is 57.0 cm³/mol. The van der Waals surface area contributed by atoms with Crippen molar-refractivity contribution >= 4 is 11.7 Å². The Labute approximate surface area is 86.3 Å². The lowest BCUT2D eigenvalue weighted by Crippen LogP contribution is -2.25. The lowest BCUT2D eigenvalue weighted by molar-refractivity contribution is -0.127. The molecule has 0 saturated carbocycles. The van der Waals surface area contributed by atoms with Crippen molar-refractivity contribution in [2.75, 3.05) is 6.54 Å². The summed E-state index contributed by atoms with van der Waals surface area (Å²) < 4.78 is 0. The first kappa shape index (κ1) is 13.1. The summed E-state index contributed by atoms with van der Waals surface area (Å²) in [7, 11) is 0. The van der Waals surface area contributed by atoms with E-state index in [1.54, 1.807) is 0 Å². The van der Waals surface area contributed by atoms with Gasteiger partial charge in [0.15, 0.2) is 0 Å². The van der Waals surface area contributed by atoms with E-state index in [2.05, 4.69) is 19.2 Å². The summed E-state index contributed by atoms with van der Waals surface area (Å²) in [5.41, 5.74) is 0. The molecule has 0 spiro atoms. The molecule has 82 valence electrons. The van der Waals surface area contributed by atoms with Gasteiger partial charge in [0.05, 0.1) is 6.42 Å². The third kappa shape index (κ3) is 9.23. The first-order valence-corrected chi connectivity index (χ1v) is 5.28. The highest BCUT2D eigenvalue weighted by atomic mass is 16.2. The van der Waals surface area contributed by atoms with Gasteiger partial charge < -0.3 is 5.32 Å². The van der Waals surface area contributed by atoms with Gasteiger partial charge in [-0.1, -0.05) is 26.7 Å². The Hall–Kier alpha value is -0.860. The highest BCUT2D eigenvalue weighted by molar-refractivity contribution is 5.96. The number of unbranched alkanes of at least 4 members (excludes halogenated alkanes) is 1. The number of rotatable bonds is 7. The van der Waals surface area contributed by atoms with Gasteiger partial charge in [0.2, 0.25) is 5.91 Å². The van der Waals surface area contributed by atoms with Crippen molar-refractivity contribution in [3.05, 3.63) is 0 Å². The van der Waals surface area contributed by atoms with Crippen molar-refractivity contribution in [1.82, 2.24) is 5.32 Å². The molecule has 1 amide bonds. The summed E-state index contributed by atoms with van der Waals surface area (Å²) in [6.07, 6.45) is 3.35. The number of hydrogen-bond acceptors (Lipinski definition) is 2. The van der Waals surface area contributed by atoms with Crippen LogP contribution in [0.1, 0.15) is 46.5 Å². The minimum absolute atomic E-state index is 0.0180. The van der Waals surface area contributed by atoms with E-state index in [1.165, 1.54) is 13.3 Å². The van der Waals surface area contributed by atoms with Crippen LogP contribution < -0.4 is 5.32 Å². The van der Waals surface area contributed by atoms with E-state index in [4.69, 9.17) is 0 Å². The van der Waals surface area contributed by atoms with Crippen molar-refractivity contribution in [2.24, 2.45) is 5.92 Å². The largest absolute Gasteiger partial charge is 0.356 e. The second-order valence-corrected chi connectivity index (χ2v) is 4.12. The van der Waals surface area contributed by atoms with E-state index < -0.39 is 0 Å². The molecule has 0 atom stereocenters. The van der Waals surface area contributed by atoms with E-state index in [9.17, 15) is 9.59 Å². The van der Waals surface area contributed by atoms with Crippen LogP contribution in [0.5, 0.6) is 0 Å². The molecule has 0 aliphatic carbocycles. The lowest BCUT2D eigenvalue weighted by atomic mass is 10.1. The molecule has 0 aromatic carbocycles. The molecule has 0 radical (unpaired) electrons. The Bertz CT molecular complexity index is 188. The molecule has 0 unspecified atom stereocenters. The van der Waals surface area contributed by atoms with Crippen molar-refractivity contribution in [1.29, 1.82) is 0 Å². The highest BCUT2D eigenvalue weighted by Gasteiger charge is 2.03. The highest BCUT2D eigenvalue weighted by Crippen LogP contribution is 2.04. The van der Waals surface area contributed by atoms with E-state index in [0.717, 1.165) is 18.8 Å². The summed E-state index contributed by atoms with van der Waals surface area (Å²) in [6, 6.07) is 0. The zero-order valence-corrected chi connectivity index (χ0v) is 9.43. The Kier molecular flexibility index (Phi) is 7.07. The van der Waals surface area contributed by atoms with Crippen LogP contribution in [0.25, 0.3) is 0 Å². The second kappa shape index (κ2) is 7.54. The number of ketones is 1. The maximum Gasteiger partial charge on any atom is 0.227 e. The van der Waals surface area contributed by atoms with Crippen LogP contribution in [-0.2, 0) is 9.59 Å². The van der Waals surface area contributed by atoms with Gasteiger partial charge in [-0.2, -0.15) is 0 Å². The smallest absolute Gasteiger partial charge is 0.227 e. The first-order valence-electron chi connectivity index (χ1n) is 5.28. The van der Waals surface area contributed by atoms with Crippen LogP contribution in [0, 0.1) is 5.92 Å². The molecule has 3 heteroatoms. The standard InChI is InChI=1S/C11H21NO2/c1-9(2)6-4-5-7-12-11(14)8-10(3)13/h9H,4-8H2,1-3H3,(H,12,14). The predicted octanol–water partition coefficient (Wildman–Crippen LogP) is 1.91. The molecule has 0 aliphatic heterocycles. The number of hydrogen-bond donors (Lipinski definition) is 1. The van der Waals surface area contributed by atoms with Crippen molar-refractivity contribution in [3.8, 4) is 0 Å². The van der Waals surface area contributed by atoms with Gasteiger partial charge in [-0.3, -0.25) is 9.59 Å². The summed E-state index contributed by atoms with van der Waals surface area (Å²) in [4.78, 5) is 21.6. The maximum atomic E-state index is 11.0. The van der Waals surface area contributed by atoms with Crippen LogP contribution in [0.2, 0.25) is 0 Å². The summed E-state index contributed by atoms with van der Waals surface area (Å²) >= 11 is 0. The quantitative estimate of drug-likeness (QED) is 0.503. The van der Waals surface area contributed by atoms with Crippen LogP contribution >= 0.6 is 0 Å². The van der Waals surface area contributed by atoms with Gasteiger partial charge in [-0.15, -0.1) is 0 Å². The molecule has 0 aliphatic rings. The van der Waals surface area contributed by atoms with E-state index in [1.807, 2.05) is 0 Å². The van der Waals surface area contributed by atoms with Gasteiger partial charge >= 0.3 is 0 Å². The van der Waals surface area contributed by atoms with Gasteiger partial charge in [0.25, 0.3) is 0 Å². The monoisotopic (exact) mass is 199 g/mol. The number of carbonyl (C=O) groups excluding carboxylic acids is 2. The zero-order valence-electron chi connectivity index (χ0n) is 9.43. The molecule has 14 heavy (non-hydrogen) atoms.